The van der Waals surface area contributed by atoms with E-state index in [4.69, 9.17) is 18.9 Å². The predicted octanol–water partition coefficient (Wildman–Crippen LogP) is 11.3. The second-order valence-electron chi connectivity index (χ2n) is 18.9. The van der Waals surface area contributed by atoms with Gasteiger partial charge in [0.15, 0.2) is 11.5 Å². The Morgan fingerprint density at radius 2 is 1.16 bits per heavy atom. The number of imidazole rings is 1. The first kappa shape index (κ1) is 59.5. The molecule has 0 unspecified atom stereocenters. The van der Waals surface area contributed by atoms with Crippen molar-refractivity contribution in [2.24, 2.45) is 0 Å². The van der Waals surface area contributed by atoms with E-state index < -0.39 is 5.69 Å². The lowest BCUT2D eigenvalue weighted by Gasteiger charge is -2.22. The molecule has 69 heavy (non-hydrogen) atoms. The number of fused-ring (bicyclic) bond motifs is 1. The molecular weight excluding hydrogens is 871 g/mol. The number of unbranched alkanes of at least 4 members (excludes halogenated alkanes) is 19. The molecular formula is C55H95N7O7. The van der Waals surface area contributed by atoms with E-state index in [-0.39, 0.29) is 36.7 Å². The number of anilines is 1. The second-order valence-corrected chi connectivity index (χ2v) is 18.9. The molecule has 392 valence electrons. The van der Waals surface area contributed by atoms with Crippen LogP contribution in [0.4, 0.5) is 5.82 Å². The summed E-state index contributed by atoms with van der Waals surface area (Å²) in [5, 5.41) is 2.95. The molecule has 2 N–H and O–H groups in total. The zero-order valence-electron chi connectivity index (χ0n) is 44.1. The predicted molar refractivity (Wildman–Crippen MR) is 282 cm³/mol. The van der Waals surface area contributed by atoms with Crippen LogP contribution in [0.25, 0.3) is 11.2 Å². The summed E-state index contributed by atoms with van der Waals surface area (Å²) in [6, 6.07) is 7.54. The molecule has 2 heterocycles. The summed E-state index contributed by atoms with van der Waals surface area (Å²) in [6.45, 7) is 18.3. The Labute approximate surface area is 416 Å². The van der Waals surface area contributed by atoms with Gasteiger partial charge in [0.05, 0.1) is 53.1 Å². The quantitative estimate of drug-likeness (QED) is 0.0411. The van der Waals surface area contributed by atoms with E-state index in [1.807, 2.05) is 24.3 Å². The number of methoxy groups -OCH3 is 1. The molecule has 2 aromatic heterocycles. The van der Waals surface area contributed by atoms with Crippen molar-refractivity contribution in [3.63, 3.8) is 0 Å². The molecule has 0 fully saturated rings. The smallest absolute Gasteiger partial charge is 0.328 e. The lowest BCUT2D eigenvalue weighted by atomic mass is 10.1. The van der Waals surface area contributed by atoms with Gasteiger partial charge in [0.2, 0.25) is 5.91 Å². The fourth-order valence-electron chi connectivity index (χ4n) is 8.64. The Bertz CT molecular complexity index is 1830. The molecule has 3 aromatic rings. The van der Waals surface area contributed by atoms with Gasteiger partial charge in [0.25, 0.3) is 0 Å². The Hall–Kier alpha value is -3.85. The number of H-pyrrole nitrogens is 1. The van der Waals surface area contributed by atoms with Gasteiger partial charge in [-0.15, -0.1) is 0 Å². The van der Waals surface area contributed by atoms with Gasteiger partial charge >= 0.3 is 17.7 Å². The van der Waals surface area contributed by atoms with Gasteiger partial charge in [0.1, 0.15) is 5.52 Å². The highest BCUT2D eigenvalue weighted by Crippen LogP contribution is 2.23. The number of aromatic amines is 1. The van der Waals surface area contributed by atoms with Gasteiger partial charge in [0, 0.05) is 19.5 Å². The zero-order valence-corrected chi connectivity index (χ0v) is 44.1. The maximum atomic E-state index is 13.4. The molecule has 0 bridgehead atoms. The van der Waals surface area contributed by atoms with Crippen molar-refractivity contribution in [3.8, 4) is 6.01 Å². The molecule has 0 aliphatic rings. The largest absolute Gasteiger partial charge is 0.469 e. The van der Waals surface area contributed by atoms with E-state index in [0.717, 1.165) is 89.1 Å². The van der Waals surface area contributed by atoms with Crippen LogP contribution in [0.3, 0.4) is 0 Å². The summed E-state index contributed by atoms with van der Waals surface area (Å²) in [7, 11) is 1.36. The standard InChI is InChI=1S/C55H95N7O7/c1-6-10-13-15-17-19-21-23-27-34-60(9-4)37-40-67-42-43-68-41-38-61(35-28-24-22-20-18-16-14-11-7-2)36-29-25-26-33-49(63)56-52-51-53(59-54(58-52)69-39-12-8-3)62(55(65)57-51)46-48-32-30-31-47(44-48)45-50(64)66-5/h30-32,44H,6-29,33-43,45-46H2,1-5H3,(H,57,65)(H,56,58,59,63). The normalized spacial score (nSPS) is 11.6. The van der Waals surface area contributed by atoms with Crippen molar-refractivity contribution in [1.82, 2.24) is 29.3 Å². The van der Waals surface area contributed by atoms with Gasteiger partial charge < -0.3 is 39.0 Å². The summed E-state index contributed by atoms with van der Waals surface area (Å²) >= 11 is 0. The molecule has 3 rings (SSSR count). The van der Waals surface area contributed by atoms with Crippen LogP contribution in [-0.4, -0.2) is 121 Å². The Balaban J connectivity index is 1.45. The third kappa shape index (κ3) is 26.8. The Morgan fingerprint density at radius 3 is 1.74 bits per heavy atom. The number of likely N-dealkylation sites (N-methyl/N-ethyl adjacent to an activating group) is 1. The molecule has 14 heteroatoms. The molecule has 0 saturated heterocycles. The number of hydrogen-bond donors (Lipinski definition) is 2. The first-order valence-corrected chi connectivity index (χ1v) is 27.5. The molecule has 0 spiro atoms. The summed E-state index contributed by atoms with van der Waals surface area (Å²) in [5.41, 5.74) is 1.87. The third-order valence-corrected chi connectivity index (χ3v) is 13.0. The number of ether oxygens (including phenoxy) is 4. The van der Waals surface area contributed by atoms with Gasteiger partial charge in [-0.2, -0.15) is 9.97 Å². The molecule has 14 nitrogen and oxygen atoms in total. The number of aromatic nitrogens is 4. The number of esters is 1. The minimum atomic E-state index is -0.391. The van der Waals surface area contributed by atoms with Crippen molar-refractivity contribution in [2.45, 2.75) is 195 Å². The number of rotatable bonds is 45. The van der Waals surface area contributed by atoms with Crippen molar-refractivity contribution in [2.75, 3.05) is 84.7 Å². The number of nitrogens with zero attached hydrogens (tertiary/aromatic N) is 5. The first-order chi connectivity index (χ1) is 33.8. The molecule has 0 aliphatic heterocycles. The topological polar surface area (TPSA) is 153 Å². The fraction of sp³-hybridized carbons (Fsp3) is 0.764. The Kier molecular flexibility index (Phi) is 33.5. The van der Waals surface area contributed by atoms with E-state index in [1.54, 1.807) is 0 Å². The first-order valence-electron chi connectivity index (χ1n) is 27.5. The van der Waals surface area contributed by atoms with E-state index in [2.05, 4.69) is 57.8 Å². The van der Waals surface area contributed by atoms with Gasteiger partial charge in [-0.05, 0) is 69.4 Å². The van der Waals surface area contributed by atoms with Gasteiger partial charge in [-0.3, -0.25) is 14.2 Å². The monoisotopic (exact) mass is 966 g/mol. The number of benzene rings is 1. The molecule has 0 radical (unpaired) electrons. The van der Waals surface area contributed by atoms with E-state index in [0.29, 0.717) is 44.0 Å². The average molecular weight is 966 g/mol. The lowest BCUT2D eigenvalue weighted by Crippen LogP contribution is -2.30. The summed E-state index contributed by atoms with van der Waals surface area (Å²) < 4.78 is 24.3. The van der Waals surface area contributed by atoms with Crippen molar-refractivity contribution in [1.29, 1.82) is 0 Å². The van der Waals surface area contributed by atoms with Crippen LogP contribution in [0.1, 0.15) is 193 Å². The van der Waals surface area contributed by atoms with Crippen LogP contribution >= 0.6 is 0 Å². The number of carbonyl (C=O) groups excluding carboxylic acids is 2. The molecule has 0 aliphatic carbocycles. The van der Waals surface area contributed by atoms with Crippen LogP contribution in [-0.2, 0) is 36.8 Å². The SMILES string of the molecule is CCCCCCCCCCCN(CC)CCOCCOCCN(CCCCCCCCCCC)CCCCCC(=O)Nc1nc(OCCCC)nc2c1[nH]c(=O)n2Cc1cccc(CC(=O)OC)c1. The molecule has 0 saturated carbocycles. The number of carbonyl (C=O) groups is 2. The van der Waals surface area contributed by atoms with Crippen LogP contribution in [0.15, 0.2) is 29.1 Å². The zero-order chi connectivity index (χ0) is 49.6. The molecule has 0 atom stereocenters. The summed E-state index contributed by atoms with van der Waals surface area (Å²) in [5.74, 6) is -0.301. The second kappa shape index (κ2) is 38.8. The van der Waals surface area contributed by atoms with Crippen LogP contribution < -0.4 is 15.7 Å². The van der Waals surface area contributed by atoms with E-state index in [1.165, 1.54) is 127 Å². The molecule has 1 aromatic carbocycles. The van der Waals surface area contributed by atoms with Gasteiger partial charge in [-0.1, -0.05) is 168 Å². The van der Waals surface area contributed by atoms with Crippen molar-refractivity contribution < 1.29 is 28.5 Å². The minimum Gasteiger partial charge on any atom is -0.469 e. The number of nitrogens with one attached hydrogen (secondary N) is 2. The van der Waals surface area contributed by atoms with Crippen LogP contribution in [0.5, 0.6) is 6.01 Å². The highest BCUT2D eigenvalue weighted by Gasteiger charge is 2.19. The van der Waals surface area contributed by atoms with Crippen LogP contribution in [0.2, 0.25) is 0 Å². The lowest BCUT2D eigenvalue weighted by molar-refractivity contribution is -0.139. The fourth-order valence-corrected chi connectivity index (χ4v) is 8.64. The highest BCUT2D eigenvalue weighted by atomic mass is 16.5. The van der Waals surface area contributed by atoms with Crippen molar-refractivity contribution in [3.05, 3.63) is 45.9 Å². The van der Waals surface area contributed by atoms with E-state index in [9.17, 15) is 14.4 Å². The van der Waals surface area contributed by atoms with E-state index >= 15 is 0 Å². The minimum absolute atomic E-state index is 0.0974. The maximum Gasteiger partial charge on any atom is 0.328 e. The number of amides is 1. The average Bonchev–Trinajstić information content (AvgIpc) is 3.66. The Morgan fingerprint density at radius 1 is 0.623 bits per heavy atom. The summed E-state index contributed by atoms with van der Waals surface area (Å²) in [6.07, 6.45) is 28.9. The summed E-state index contributed by atoms with van der Waals surface area (Å²) in [4.78, 5) is 55.7. The van der Waals surface area contributed by atoms with Crippen LogP contribution in [0, 0.1) is 0 Å². The number of hydrogen-bond acceptors (Lipinski definition) is 11. The highest BCUT2D eigenvalue weighted by molar-refractivity contribution is 5.97. The third-order valence-electron chi connectivity index (χ3n) is 13.0. The maximum absolute atomic E-state index is 13.4. The molecule has 1 amide bonds. The van der Waals surface area contributed by atoms with Crippen molar-refractivity contribution >= 4 is 28.9 Å². The van der Waals surface area contributed by atoms with Gasteiger partial charge in [-0.25, -0.2) is 4.79 Å².